The number of hydrogen-bond donors (Lipinski definition) is 0. The number of benzene rings is 3. The third kappa shape index (κ3) is 15.0. The molecule has 1 atom stereocenters. The first-order chi connectivity index (χ1) is 23.5. The number of carbonyl (C=O) groups is 2. The highest BCUT2D eigenvalue weighted by Gasteiger charge is 2.17. The number of unbranched alkanes of at least 4 members (excludes halogenated alkanes) is 12. The van der Waals surface area contributed by atoms with Crippen LogP contribution in [0.5, 0.6) is 11.5 Å². The monoisotopic (exact) mass is 662 g/mol. The lowest BCUT2D eigenvalue weighted by atomic mass is 10.0. The predicted molar refractivity (Wildman–Crippen MR) is 191 cm³/mol. The van der Waals surface area contributed by atoms with Crippen LogP contribution in [0.1, 0.15) is 124 Å². The summed E-state index contributed by atoms with van der Waals surface area (Å²) in [6, 6.07) is 21.2. The molecule has 0 aliphatic carbocycles. The maximum Gasteiger partial charge on any atom is 0.343 e. The van der Waals surface area contributed by atoms with E-state index in [-0.39, 0.29) is 17.9 Å². The van der Waals surface area contributed by atoms with Gasteiger partial charge in [0.2, 0.25) is 0 Å². The van der Waals surface area contributed by atoms with Crippen molar-refractivity contribution >= 4 is 11.9 Å². The van der Waals surface area contributed by atoms with Gasteiger partial charge in [-0.1, -0.05) is 115 Å². The summed E-state index contributed by atoms with van der Waals surface area (Å²) >= 11 is 0. The van der Waals surface area contributed by atoms with E-state index in [1.165, 1.54) is 82.1 Å². The fourth-order valence-corrected chi connectivity index (χ4v) is 5.32. The Balaban J connectivity index is 1.37. The molecule has 0 bridgehead atoms. The van der Waals surface area contributed by atoms with E-state index < -0.39 is 24.7 Å². The molecule has 3 aromatic carbocycles. The summed E-state index contributed by atoms with van der Waals surface area (Å²) < 4.78 is 35.5. The minimum absolute atomic E-state index is 0.0159. The summed E-state index contributed by atoms with van der Waals surface area (Å²) in [7, 11) is 0. The van der Waals surface area contributed by atoms with Gasteiger partial charge in [0.25, 0.3) is 0 Å². The molecule has 0 aliphatic rings. The van der Waals surface area contributed by atoms with Gasteiger partial charge in [-0.25, -0.2) is 14.0 Å². The van der Waals surface area contributed by atoms with Crippen molar-refractivity contribution in [2.45, 2.75) is 110 Å². The number of alkyl halides is 1. The first-order valence-corrected chi connectivity index (χ1v) is 18.0. The molecule has 0 amide bonds. The van der Waals surface area contributed by atoms with E-state index >= 15 is 0 Å². The highest BCUT2D eigenvalue weighted by atomic mass is 19.1. The van der Waals surface area contributed by atoms with E-state index in [1.54, 1.807) is 12.1 Å². The third-order valence-corrected chi connectivity index (χ3v) is 8.27. The number of halogens is 1. The lowest BCUT2D eigenvalue weighted by molar-refractivity contribution is -0.0128. The zero-order chi connectivity index (χ0) is 34.2. The molecule has 6 nitrogen and oxygen atoms in total. The number of rotatable bonds is 25. The van der Waals surface area contributed by atoms with Crippen LogP contribution < -0.4 is 9.47 Å². The number of hydrogen-bond acceptors (Lipinski definition) is 6. The maximum absolute atomic E-state index is 13.4. The van der Waals surface area contributed by atoms with E-state index in [9.17, 15) is 14.0 Å². The SMILES string of the molecule is CCCCCCCCCCCCOc1ccc(-c2ccc(C(=O)Oc3ccc(C(=O)O[C@H](CF)COCCCCCC)cc3)cc2)cc1. The summed E-state index contributed by atoms with van der Waals surface area (Å²) in [5.74, 6) is -0.0272. The molecule has 0 radical (unpaired) electrons. The summed E-state index contributed by atoms with van der Waals surface area (Å²) in [5.41, 5.74) is 2.64. The zero-order valence-electron chi connectivity index (χ0n) is 29.1. The van der Waals surface area contributed by atoms with Gasteiger partial charge < -0.3 is 18.9 Å². The van der Waals surface area contributed by atoms with Crippen LogP contribution in [0.3, 0.4) is 0 Å². The van der Waals surface area contributed by atoms with Gasteiger partial charge >= 0.3 is 11.9 Å². The van der Waals surface area contributed by atoms with Gasteiger partial charge in [-0.2, -0.15) is 0 Å². The van der Waals surface area contributed by atoms with E-state index in [0.29, 0.717) is 12.2 Å². The standard InChI is InChI=1S/C41H55FO6/c1-3-5-7-9-10-11-12-13-14-16-30-46-37-25-21-34(22-26-37)33-17-19-35(20-18-33)40(43)47-38-27-23-36(24-28-38)41(44)48-39(31-42)32-45-29-15-8-6-4-2/h17-28,39H,3-16,29-32H2,1-2H3/t39-/m1/s1. The molecule has 48 heavy (non-hydrogen) atoms. The fraction of sp³-hybridized carbons (Fsp3) is 0.512. The van der Waals surface area contributed by atoms with Crippen molar-refractivity contribution in [3.8, 4) is 22.6 Å². The average molecular weight is 663 g/mol. The molecule has 0 aromatic heterocycles. The van der Waals surface area contributed by atoms with Crippen molar-refractivity contribution in [3.63, 3.8) is 0 Å². The van der Waals surface area contributed by atoms with Crippen molar-refractivity contribution in [1.29, 1.82) is 0 Å². The normalized spacial score (nSPS) is 11.6. The van der Waals surface area contributed by atoms with E-state index in [0.717, 1.165) is 55.6 Å². The van der Waals surface area contributed by atoms with Crippen LogP contribution in [0.2, 0.25) is 0 Å². The summed E-state index contributed by atoms with van der Waals surface area (Å²) in [4.78, 5) is 25.2. The second-order valence-corrected chi connectivity index (χ2v) is 12.4. The molecule has 0 N–H and O–H groups in total. The van der Waals surface area contributed by atoms with Crippen LogP contribution in [0, 0.1) is 0 Å². The van der Waals surface area contributed by atoms with Crippen LogP contribution in [-0.2, 0) is 9.47 Å². The molecule has 0 heterocycles. The molecule has 0 fully saturated rings. The molecule has 7 heteroatoms. The van der Waals surface area contributed by atoms with Gasteiger partial charge in [0.05, 0.1) is 24.3 Å². The molecule has 3 rings (SSSR count). The molecule has 0 spiro atoms. The third-order valence-electron chi connectivity index (χ3n) is 8.27. The second kappa shape index (κ2) is 23.6. The zero-order valence-corrected chi connectivity index (χ0v) is 29.1. The summed E-state index contributed by atoms with van der Waals surface area (Å²) in [6.07, 6.45) is 16.3. The highest BCUT2D eigenvalue weighted by Crippen LogP contribution is 2.24. The minimum atomic E-state index is -0.963. The molecule has 0 saturated carbocycles. The minimum Gasteiger partial charge on any atom is -0.494 e. The lowest BCUT2D eigenvalue weighted by Crippen LogP contribution is -2.26. The van der Waals surface area contributed by atoms with E-state index in [4.69, 9.17) is 18.9 Å². The summed E-state index contributed by atoms with van der Waals surface area (Å²) in [5, 5.41) is 0. The van der Waals surface area contributed by atoms with Crippen molar-refractivity contribution in [2.24, 2.45) is 0 Å². The van der Waals surface area contributed by atoms with Gasteiger partial charge in [-0.05, 0) is 72.5 Å². The number of carbonyl (C=O) groups excluding carboxylic acids is 2. The highest BCUT2D eigenvalue weighted by molar-refractivity contribution is 5.92. The molecule has 0 saturated heterocycles. The van der Waals surface area contributed by atoms with Gasteiger partial charge in [0.1, 0.15) is 18.2 Å². The van der Waals surface area contributed by atoms with Crippen LogP contribution in [-0.4, -0.2) is 44.5 Å². The Bertz CT molecular complexity index is 1290. The maximum atomic E-state index is 13.4. The fourth-order valence-electron chi connectivity index (χ4n) is 5.32. The Hall–Kier alpha value is -3.71. The van der Waals surface area contributed by atoms with Crippen LogP contribution >= 0.6 is 0 Å². The Morgan fingerprint density at radius 2 is 1.02 bits per heavy atom. The Morgan fingerprint density at radius 3 is 1.60 bits per heavy atom. The molecular weight excluding hydrogens is 607 g/mol. The van der Waals surface area contributed by atoms with Gasteiger partial charge in [-0.3, -0.25) is 0 Å². The molecule has 262 valence electrons. The quantitative estimate of drug-likeness (QED) is 0.0511. The molecule has 0 unspecified atom stereocenters. The number of ether oxygens (including phenoxy) is 4. The number of esters is 2. The van der Waals surface area contributed by atoms with Gasteiger partial charge in [-0.15, -0.1) is 0 Å². The first kappa shape index (κ1) is 38.7. The summed E-state index contributed by atoms with van der Waals surface area (Å²) in [6.45, 7) is 4.82. The van der Waals surface area contributed by atoms with Crippen molar-refractivity contribution < 1.29 is 32.9 Å². The Morgan fingerprint density at radius 1 is 0.562 bits per heavy atom. The lowest BCUT2D eigenvalue weighted by Gasteiger charge is -2.15. The van der Waals surface area contributed by atoms with Crippen molar-refractivity contribution in [2.75, 3.05) is 26.5 Å². The van der Waals surface area contributed by atoms with Gasteiger partial charge in [0, 0.05) is 6.61 Å². The van der Waals surface area contributed by atoms with Gasteiger partial charge in [0.15, 0.2) is 6.10 Å². The average Bonchev–Trinajstić information content (AvgIpc) is 3.12. The van der Waals surface area contributed by atoms with E-state index in [1.807, 2.05) is 36.4 Å². The first-order valence-electron chi connectivity index (χ1n) is 18.0. The molecule has 0 aliphatic heterocycles. The van der Waals surface area contributed by atoms with Crippen LogP contribution in [0.15, 0.2) is 72.8 Å². The Kier molecular flexibility index (Phi) is 19.0. The largest absolute Gasteiger partial charge is 0.494 e. The van der Waals surface area contributed by atoms with Crippen LogP contribution in [0.25, 0.3) is 11.1 Å². The van der Waals surface area contributed by atoms with Crippen molar-refractivity contribution in [3.05, 3.63) is 83.9 Å². The molecular formula is C41H55FO6. The molecule has 3 aromatic rings. The Labute approximate surface area is 287 Å². The topological polar surface area (TPSA) is 71.1 Å². The van der Waals surface area contributed by atoms with Crippen molar-refractivity contribution in [1.82, 2.24) is 0 Å². The smallest absolute Gasteiger partial charge is 0.343 e. The van der Waals surface area contributed by atoms with E-state index in [2.05, 4.69) is 13.8 Å². The predicted octanol–water partition coefficient (Wildman–Crippen LogP) is 11.0. The second-order valence-electron chi connectivity index (χ2n) is 12.4. The van der Waals surface area contributed by atoms with Crippen LogP contribution in [0.4, 0.5) is 4.39 Å².